The highest BCUT2D eigenvalue weighted by molar-refractivity contribution is 4.80. The van der Waals surface area contributed by atoms with Gasteiger partial charge in [-0.2, -0.15) is 0 Å². The Hall–Kier alpha value is -0.120. The lowest BCUT2D eigenvalue weighted by Crippen LogP contribution is -2.53. The molecule has 0 aromatic carbocycles. The summed E-state index contributed by atoms with van der Waals surface area (Å²) in [4.78, 5) is 7.48. The van der Waals surface area contributed by atoms with E-state index in [0.717, 1.165) is 6.54 Å². The first-order valence-corrected chi connectivity index (χ1v) is 6.44. The molecule has 1 aliphatic rings. The minimum absolute atomic E-state index is 0.279. The highest BCUT2D eigenvalue weighted by atomic mass is 15.3. The Morgan fingerprint density at radius 2 is 1.62 bits per heavy atom. The van der Waals surface area contributed by atoms with Crippen LogP contribution in [0.5, 0.6) is 0 Å². The lowest BCUT2D eigenvalue weighted by Gasteiger charge is -2.40. The Labute approximate surface area is 101 Å². The molecule has 0 spiro atoms. The highest BCUT2D eigenvalue weighted by Gasteiger charge is 2.23. The fourth-order valence-corrected chi connectivity index (χ4v) is 2.05. The van der Waals surface area contributed by atoms with Gasteiger partial charge in [-0.1, -0.05) is 0 Å². The van der Waals surface area contributed by atoms with Gasteiger partial charge in [0.25, 0.3) is 0 Å². The Bertz CT molecular complexity index is 202. The van der Waals surface area contributed by atoms with Crippen molar-refractivity contribution in [2.45, 2.75) is 39.3 Å². The normalized spacial score (nSPS) is 22.7. The molecule has 3 nitrogen and oxygen atoms in total. The molecule has 1 heterocycles. The first-order chi connectivity index (χ1) is 7.30. The SMILES string of the molecule is CC(CN(C)C(C)(C)C)N1CCN(C)CC1. The Balaban J connectivity index is 2.37. The average Bonchev–Trinajstić information content (AvgIpc) is 2.17. The van der Waals surface area contributed by atoms with Gasteiger partial charge in [-0.3, -0.25) is 9.80 Å². The predicted octanol–water partition coefficient (Wildman–Crippen LogP) is 1.35. The second-order valence-electron chi connectivity index (χ2n) is 6.24. The molecule has 1 unspecified atom stereocenters. The van der Waals surface area contributed by atoms with Crippen LogP contribution >= 0.6 is 0 Å². The summed E-state index contributed by atoms with van der Waals surface area (Å²) < 4.78 is 0. The third kappa shape index (κ3) is 4.04. The smallest absolute Gasteiger partial charge is 0.0196 e. The summed E-state index contributed by atoms with van der Waals surface area (Å²) in [6.45, 7) is 15.2. The van der Waals surface area contributed by atoms with E-state index in [1.54, 1.807) is 0 Å². The van der Waals surface area contributed by atoms with Crippen LogP contribution in [0.3, 0.4) is 0 Å². The second-order valence-corrected chi connectivity index (χ2v) is 6.24. The third-order valence-electron chi connectivity index (χ3n) is 3.84. The van der Waals surface area contributed by atoms with Crippen molar-refractivity contribution in [2.24, 2.45) is 0 Å². The van der Waals surface area contributed by atoms with E-state index in [9.17, 15) is 0 Å². The molecule has 1 atom stereocenters. The van der Waals surface area contributed by atoms with E-state index in [2.05, 4.69) is 56.5 Å². The standard InChI is InChI=1S/C13H29N3/c1-12(11-15(6)13(2,3)4)16-9-7-14(5)8-10-16/h12H,7-11H2,1-6H3. The molecule has 16 heavy (non-hydrogen) atoms. The molecule has 1 aliphatic heterocycles. The quantitative estimate of drug-likeness (QED) is 0.721. The predicted molar refractivity (Wildman–Crippen MR) is 70.9 cm³/mol. The zero-order chi connectivity index (χ0) is 12.3. The molecule has 3 heteroatoms. The maximum atomic E-state index is 2.61. The zero-order valence-electron chi connectivity index (χ0n) is 12.0. The molecule has 0 aromatic heterocycles. The Morgan fingerprint density at radius 3 is 2.06 bits per heavy atom. The molecular formula is C13H29N3. The minimum Gasteiger partial charge on any atom is -0.304 e. The first-order valence-electron chi connectivity index (χ1n) is 6.44. The number of nitrogens with zero attached hydrogens (tertiary/aromatic N) is 3. The largest absolute Gasteiger partial charge is 0.304 e. The number of rotatable bonds is 3. The maximum Gasteiger partial charge on any atom is 0.0196 e. The average molecular weight is 227 g/mol. The van der Waals surface area contributed by atoms with Gasteiger partial charge in [-0.15, -0.1) is 0 Å². The highest BCUT2D eigenvalue weighted by Crippen LogP contribution is 2.13. The molecule has 0 aliphatic carbocycles. The minimum atomic E-state index is 0.279. The monoisotopic (exact) mass is 227 g/mol. The van der Waals surface area contributed by atoms with Gasteiger partial charge >= 0.3 is 0 Å². The molecule has 1 rings (SSSR count). The van der Waals surface area contributed by atoms with E-state index in [-0.39, 0.29) is 5.54 Å². The van der Waals surface area contributed by atoms with E-state index in [4.69, 9.17) is 0 Å². The van der Waals surface area contributed by atoms with Crippen LogP contribution in [0.25, 0.3) is 0 Å². The van der Waals surface area contributed by atoms with Crippen molar-refractivity contribution in [2.75, 3.05) is 46.8 Å². The van der Waals surface area contributed by atoms with Crippen LogP contribution in [0, 0.1) is 0 Å². The van der Waals surface area contributed by atoms with Gasteiger partial charge in [0.05, 0.1) is 0 Å². The molecule has 0 bridgehead atoms. The molecule has 96 valence electrons. The Kier molecular flexibility index (Phi) is 4.77. The van der Waals surface area contributed by atoms with Gasteiger partial charge in [0, 0.05) is 44.3 Å². The van der Waals surface area contributed by atoms with Crippen LogP contribution in [0.4, 0.5) is 0 Å². The Morgan fingerprint density at radius 1 is 1.12 bits per heavy atom. The van der Waals surface area contributed by atoms with Crippen LogP contribution in [0.1, 0.15) is 27.7 Å². The van der Waals surface area contributed by atoms with Crippen molar-refractivity contribution >= 4 is 0 Å². The van der Waals surface area contributed by atoms with Crippen molar-refractivity contribution in [1.82, 2.24) is 14.7 Å². The van der Waals surface area contributed by atoms with E-state index >= 15 is 0 Å². The summed E-state index contributed by atoms with van der Waals surface area (Å²) in [7, 11) is 4.44. The van der Waals surface area contributed by atoms with E-state index in [1.165, 1.54) is 26.2 Å². The number of piperazine rings is 1. The summed E-state index contributed by atoms with van der Waals surface area (Å²) in [5.74, 6) is 0. The molecule has 1 saturated heterocycles. The van der Waals surface area contributed by atoms with Crippen LogP contribution in [-0.2, 0) is 0 Å². The summed E-state index contributed by atoms with van der Waals surface area (Å²) in [5, 5.41) is 0. The van der Waals surface area contributed by atoms with Crippen molar-refractivity contribution in [1.29, 1.82) is 0 Å². The van der Waals surface area contributed by atoms with Crippen molar-refractivity contribution < 1.29 is 0 Å². The number of likely N-dealkylation sites (N-methyl/N-ethyl adjacent to an activating group) is 2. The lowest BCUT2D eigenvalue weighted by molar-refractivity contribution is 0.0749. The topological polar surface area (TPSA) is 9.72 Å². The molecule has 0 N–H and O–H groups in total. The van der Waals surface area contributed by atoms with Gasteiger partial charge in [0.15, 0.2) is 0 Å². The van der Waals surface area contributed by atoms with Gasteiger partial charge in [0.2, 0.25) is 0 Å². The van der Waals surface area contributed by atoms with Crippen molar-refractivity contribution in [3.8, 4) is 0 Å². The van der Waals surface area contributed by atoms with Gasteiger partial charge in [-0.25, -0.2) is 0 Å². The second kappa shape index (κ2) is 5.48. The van der Waals surface area contributed by atoms with Crippen LogP contribution < -0.4 is 0 Å². The van der Waals surface area contributed by atoms with Gasteiger partial charge < -0.3 is 4.90 Å². The van der Waals surface area contributed by atoms with E-state index in [0.29, 0.717) is 6.04 Å². The van der Waals surface area contributed by atoms with Crippen molar-refractivity contribution in [3.05, 3.63) is 0 Å². The molecular weight excluding hydrogens is 198 g/mol. The fraction of sp³-hybridized carbons (Fsp3) is 1.00. The summed E-state index contributed by atoms with van der Waals surface area (Å²) in [6.07, 6.45) is 0. The number of hydrogen-bond acceptors (Lipinski definition) is 3. The van der Waals surface area contributed by atoms with E-state index < -0.39 is 0 Å². The molecule has 0 amide bonds. The zero-order valence-corrected chi connectivity index (χ0v) is 12.0. The van der Waals surface area contributed by atoms with E-state index in [1.807, 2.05) is 0 Å². The van der Waals surface area contributed by atoms with Crippen LogP contribution in [-0.4, -0.2) is 73.1 Å². The van der Waals surface area contributed by atoms with Crippen LogP contribution in [0.2, 0.25) is 0 Å². The molecule has 0 aromatic rings. The van der Waals surface area contributed by atoms with Crippen LogP contribution in [0.15, 0.2) is 0 Å². The lowest BCUT2D eigenvalue weighted by atomic mass is 10.1. The summed E-state index contributed by atoms with van der Waals surface area (Å²) in [6, 6.07) is 0.665. The molecule has 0 saturated carbocycles. The maximum absolute atomic E-state index is 2.61. The van der Waals surface area contributed by atoms with Gasteiger partial charge in [-0.05, 0) is 41.8 Å². The summed E-state index contributed by atoms with van der Waals surface area (Å²) >= 11 is 0. The molecule has 1 fully saturated rings. The third-order valence-corrected chi connectivity index (χ3v) is 3.84. The summed E-state index contributed by atoms with van der Waals surface area (Å²) in [5.41, 5.74) is 0.279. The first kappa shape index (κ1) is 13.9. The van der Waals surface area contributed by atoms with Crippen molar-refractivity contribution in [3.63, 3.8) is 0 Å². The molecule has 0 radical (unpaired) electrons. The fourth-order valence-electron chi connectivity index (χ4n) is 2.05. The number of hydrogen-bond donors (Lipinski definition) is 0. The van der Waals surface area contributed by atoms with Gasteiger partial charge in [0.1, 0.15) is 0 Å².